The molecule has 0 spiro atoms. The lowest BCUT2D eigenvalue weighted by Crippen LogP contribution is -2.54. The molecule has 9 heteroatoms. The molecule has 0 aromatic heterocycles. The van der Waals surface area contributed by atoms with Crippen LogP contribution in [0.15, 0.2) is 0 Å². The Balaban J connectivity index is 3.31. The van der Waals surface area contributed by atoms with Crippen LogP contribution in [0.3, 0.4) is 0 Å². The molecule has 1 fully saturated rings. The molecule has 1 saturated heterocycles. The van der Waals surface area contributed by atoms with Crippen LogP contribution in [-0.4, -0.2) is 72.3 Å². The Labute approximate surface area is 217 Å². The number of carbonyl (C=O) groups excluding carboxylic acids is 3. The van der Waals surface area contributed by atoms with Crippen molar-refractivity contribution >= 4 is 18.2 Å². The second-order valence-corrected chi connectivity index (χ2v) is 12.4. The van der Waals surface area contributed by atoms with Crippen molar-refractivity contribution < 1.29 is 38.1 Å². The summed E-state index contributed by atoms with van der Waals surface area (Å²) in [5.74, 6) is -0.00957. The number of hydrogen-bond acceptors (Lipinski definition) is 8. The molecule has 2 amide bonds. The predicted molar refractivity (Wildman–Crippen MR) is 137 cm³/mol. The molecule has 1 rings (SSSR count). The Bertz CT molecular complexity index is 694. The molecule has 210 valence electrons. The highest BCUT2D eigenvalue weighted by molar-refractivity contribution is 5.94. The standard InChI is InChI=1S/C27H49NO8/c1-17(2)12-13-20-15-32-16-21(23(29)34-19(5)22(20)33-14-18(3)4)28(24(30)35-26(6,7)8)25(31)36-27(9,10)11/h17-22H,12-16H2,1-11H3/t19-,20-,21-,22-/m0/s1. The third-order valence-electron chi connectivity index (χ3n) is 5.34. The predicted octanol–water partition coefficient (Wildman–Crippen LogP) is 5.58. The van der Waals surface area contributed by atoms with Crippen LogP contribution in [0.4, 0.5) is 9.59 Å². The first-order chi connectivity index (χ1) is 16.4. The fraction of sp³-hybridized carbons (Fsp3) is 0.889. The Morgan fingerprint density at radius 1 is 0.944 bits per heavy atom. The van der Waals surface area contributed by atoms with Crippen molar-refractivity contribution in [2.75, 3.05) is 19.8 Å². The van der Waals surface area contributed by atoms with Crippen LogP contribution in [0.1, 0.15) is 89.0 Å². The molecule has 1 aliphatic heterocycles. The zero-order valence-electron chi connectivity index (χ0n) is 24.2. The minimum absolute atomic E-state index is 0.0239. The van der Waals surface area contributed by atoms with Gasteiger partial charge in [-0.15, -0.1) is 0 Å². The number of nitrogens with zero attached hydrogens (tertiary/aromatic N) is 1. The van der Waals surface area contributed by atoms with E-state index in [2.05, 4.69) is 27.7 Å². The number of ether oxygens (including phenoxy) is 5. The van der Waals surface area contributed by atoms with Gasteiger partial charge in [-0.3, -0.25) is 0 Å². The van der Waals surface area contributed by atoms with Gasteiger partial charge in [-0.05, 0) is 66.7 Å². The molecule has 0 aromatic rings. The summed E-state index contributed by atoms with van der Waals surface area (Å²) in [5, 5.41) is 0. The fourth-order valence-corrected chi connectivity index (χ4v) is 3.71. The van der Waals surface area contributed by atoms with Gasteiger partial charge >= 0.3 is 18.2 Å². The summed E-state index contributed by atoms with van der Waals surface area (Å²) in [5.41, 5.74) is -1.79. The van der Waals surface area contributed by atoms with Crippen LogP contribution in [-0.2, 0) is 28.5 Å². The molecule has 1 heterocycles. The quantitative estimate of drug-likeness (QED) is 0.320. The molecule has 9 nitrogen and oxygen atoms in total. The van der Waals surface area contributed by atoms with Crippen LogP contribution in [0.5, 0.6) is 0 Å². The number of esters is 1. The van der Waals surface area contributed by atoms with Gasteiger partial charge in [0.2, 0.25) is 0 Å². The van der Waals surface area contributed by atoms with E-state index in [1.165, 1.54) is 0 Å². The summed E-state index contributed by atoms with van der Waals surface area (Å²) in [6.07, 6.45) is -1.21. The van der Waals surface area contributed by atoms with Gasteiger partial charge < -0.3 is 23.7 Å². The lowest BCUT2D eigenvalue weighted by molar-refractivity contribution is -0.164. The molecule has 0 aromatic carbocycles. The van der Waals surface area contributed by atoms with Gasteiger partial charge in [0.15, 0.2) is 6.04 Å². The Kier molecular flexibility index (Phi) is 12.2. The highest BCUT2D eigenvalue weighted by atomic mass is 16.6. The summed E-state index contributed by atoms with van der Waals surface area (Å²) >= 11 is 0. The number of imide groups is 1. The van der Waals surface area contributed by atoms with E-state index < -0.39 is 41.5 Å². The smallest absolute Gasteiger partial charge is 0.420 e. The van der Waals surface area contributed by atoms with E-state index in [1.54, 1.807) is 48.5 Å². The van der Waals surface area contributed by atoms with E-state index in [0.717, 1.165) is 12.8 Å². The van der Waals surface area contributed by atoms with Gasteiger partial charge in [-0.2, -0.15) is 4.90 Å². The minimum atomic E-state index is -1.37. The molecule has 0 saturated carbocycles. The van der Waals surface area contributed by atoms with Crippen LogP contribution in [0, 0.1) is 17.8 Å². The van der Waals surface area contributed by atoms with Crippen molar-refractivity contribution in [3.8, 4) is 0 Å². The summed E-state index contributed by atoms with van der Waals surface area (Å²) in [6, 6.07) is -1.37. The molecule has 0 bridgehead atoms. The van der Waals surface area contributed by atoms with Crippen molar-refractivity contribution in [2.24, 2.45) is 17.8 Å². The largest absolute Gasteiger partial charge is 0.458 e. The number of carbonyl (C=O) groups is 3. The number of amides is 2. The van der Waals surface area contributed by atoms with E-state index in [0.29, 0.717) is 29.9 Å². The molecule has 36 heavy (non-hydrogen) atoms. The first-order valence-electron chi connectivity index (χ1n) is 13.1. The topological polar surface area (TPSA) is 101 Å². The maximum absolute atomic E-state index is 13.4. The SMILES string of the molecule is CC(C)CC[C@H]1COC[C@H](N(C(=O)OC(C)(C)C)C(=O)OC(C)(C)C)C(=O)O[C@@H](C)[C@@H]1OCC(C)C. The van der Waals surface area contributed by atoms with Crippen LogP contribution in [0.25, 0.3) is 0 Å². The van der Waals surface area contributed by atoms with Gasteiger partial charge in [0.25, 0.3) is 0 Å². The maximum atomic E-state index is 13.4. The van der Waals surface area contributed by atoms with E-state index in [-0.39, 0.29) is 18.6 Å². The van der Waals surface area contributed by atoms with Gasteiger partial charge in [0, 0.05) is 12.5 Å². The van der Waals surface area contributed by atoms with Gasteiger partial charge in [0.05, 0.1) is 19.3 Å². The number of rotatable bonds is 7. The van der Waals surface area contributed by atoms with E-state index in [1.807, 2.05) is 0 Å². The van der Waals surface area contributed by atoms with Crippen LogP contribution < -0.4 is 0 Å². The Hall–Kier alpha value is -1.87. The molecule has 0 radical (unpaired) electrons. The highest BCUT2D eigenvalue weighted by Gasteiger charge is 2.44. The van der Waals surface area contributed by atoms with Crippen molar-refractivity contribution in [3.05, 3.63) is 0 Å². The normalized spacial score (nSPS) is 24.0. The average molecular weight is 516 g/mol. The van der Waals surface area contributed by atoms with Gasteiger partial charge in [0.1, 0.15) is 17.3 Å². The second-order valence-electron chi connectivity index (χ2n) is 12.4. The molecular weight excluding hydrogens is 466 g/mol. The zero-order chi connectivity index (χ0) is 27.8. The summed E-state index contributed by atoms with van der Waals surface area (Å²) in [6.45, 7) is 20.8. The lowest BCUT2D eigenvalue weighted by Gasteiger charge is -2.33. The van der Waals surface area contributed by atoms with Crippen molar-refractivity contribution in [1.29, 1.82) is 0 Å². The maximum Gasteiger partial charge on any atom is 0.420 e. The molecular formula is C27H49NO8. The summed E-state index contributed by atoms with van der Waals surface area (Å²) in [7, 11) is 0. The highest BCUT2D eigenvalue weighted by Crippen LogP contribution is 2.26. The van der Waals surface area contributed by atoms with E-state index >= 15 is 0 Å². The van der Waals surface area contributed by atoms with Crippen molar-refractivity contribution in [2.45, 2.75) is 118 Å². The van der Waals surface area contributed by atoms with Crippen LogP contribution >= 0.6 is 0 Å². The summed E-state index contributed by atoms with van der Waals surface area (Å²) in [4.78, 5) is 40.2. The van der Waals surface area contributed by atoms with Crippen LogP contribution in [0.2, 0.25) is 0 Å². The minimum Gasteiger partial charge on any atom is -0.458 e. The van der Waals surface area contributed by atoms with E-state index in [4.69, 9.17) is 23.7 Å². The zero-order valence-corrected chi connectivity index (χ0v) is 24.2. The first-order valence-corrected chi connectivity index (χ1v) is 13.1. The number of cyclic esters (lactones) is 1. The Morgan fingerprint density at radius 3 is 1.92 bits per heavy atom. The first kappa shape index (κ1) is 32.2. The summed E-state index contributed by atoms with van der Waals surface area (Å²) < 4.78 is 28.9. The Morgan fingerprint density at radius 2 is 1.47 bits per heavy atom. The van der Waals surface area contributed by atoms with Gasteiger partial charge in [-0.25, -0.2) is 14.4 Å². The second kappa shape index (κ2) is 13.6. The van der Waals surface area contributed by atoms with Crippen molar-refractivity contribution in [1.82, 2.24) is 4.90 Å². The molecule has 0 aliphatic carbocycles. The third kappa shape index (κ3) is 11.5. The molecule has 1 aliphatic rings. The average Bonchev–Trinajstić information content (AvgIpc) is 2.71. The number of hydrogen-bond donors (Lipinski definition) is 0. The third-order valence-corrected chi connectivity index (χ3v) is 5.34. The molecule has 0 unspecified atom stereocenters. The molecule has 4 atom stereocenters. The monoisotopic (exact) mass is 515 g/mol. The van der Waals surface area contributed by atoms with E-state index in [9.17, 15) is 14.4 Å². The fourth-order valence-electron chi connectivity index (χ4n) is 3.71. The molecule has 0 N–H and O–H groups in total. The van der Waals surface area contributed by atoms with Gasteiger partial charge in [-0.1, -0.05) is 34.1 Å². The lowest BCUT2D eigenvalue weighted by atomic mass is 9.91. The van der Waals surface area contributed by atoms with Crippen molar-refractivity contribution in [3.63, 3.8) is 0 Å².